The molecule has 0 bridgehead atoms. The zero-order chi connectivity index (χ0) is 4.99. The minimum absolute atomic E-state index is 0.653. The fourth-order valence-corrected chi connectivity index (χ4v) is 0.922. The zero-order valence-corrected chi connectivity index (χ0v) is 5.37. The van der Waals surface area contributed by atoms with Crippen LogP contribution in [0.25, 0.3) is 0 Å². The van der Waals surface area contributed by atoms with Gasteiger partial charge in [-0.25, -0.2) is 0 Å². The fourth-order valence-electron chi connectivity index (χ4n) is 0.224. The first-order valence-electron chi connectivity index (χ1n) is 2.01. The first kappa shape index (κ1) is 6.63. The van der Waals surface area contributed by atoms with Gasteiger partial charge in [0.1, 0.15) is 0 Å². The van der Waals surface area contributed by atoms with Gasteiger partial charge in [0.05, 0.1) is 0 Å². The van der Waals surface area contributed by atoms with Crippen molar-refractivity contribution < 1.29 is 26.0 Å². The molecule has 2 nitrogen and oxygen atoms in total. The summed E-state index contributed by atoms with van der Waals surface area (Å²) in [5.74, 6) is 0. The zero-order valence-electron chi connectivity index (χ0n) is 3.81. The third-order valence-electron chi connectivity index (χ3n) is 0.474. The summed E-state index contributed by atoms with van der Waals surface area (Å²) in [7, 11) is 0. The van der Waals surface area contributed by atoms with E-state index in [1.165, 1.54) is 0 Å². The molecule has 0 aliphatic rings. The molecule has 0 unspecified atom stereocenters. The molecule has 0 aliphatic carbocycles. The summed E-state index contributed by atoms with van der Waals surface area (Å²) in [6.07, 6.45) is 0.905. The van der Waals surface area contributed by atoms with Crippen LogP contribution >= 0.6 is 0 Å². The molecule has 37 valence electrons. The Kier molecular flexibility index (Phi) is 4.21. The standard InChI is InChI=1S/C3H7.2H2O.Ti/c1-3-2;;;/h1,3H2,2H3;2*1H2;/q;;;+2/p-2. The summed E-state index contributed by atoms with van der Waals surface area (Å²) in [6.45, 7) is 1.94. The third kappa shape index (κ3) is 4.63. The van der Waals surface area contributed by atoms with Crippen molar-refractivity contribution in [2.75, 3.05) is 0 Å². The van der Waals surface area contributed by atoms with Gasteiger partial charge in [-0.3, -0.25) is 0 Å². The molecule has 0 fully saturated rings. The third-order valence-corrected chi connectivity index (χ3v) is 1.95. The summed E-state index contributed by atoms with van der Waals surface area (Å²) in [4.78, 5) is 0. The Morgan fingerprint density at radius 3 is 2.00 bits per heavy atom. The number of hydrogen-bond donors (Lipinski definition) is 2. The van der Waals surface area contributed by atoms with Crippen molar-refractivity contribution in [2.24, 2.45) is 0 Å². The first-order chi connectivity index (χ1) is 2.77. The van der Waals surface area contributed by atoms with E-state index in [2.05, 4.69) is 0 Å². The second kappa shape index (κ2) is 3.81. The fraction of sp³-hybridized carbons (Fsp3) is 1.00. The Bertz CT molecular complexity index is 30.0. The van der Waals surface area contributed by atoms with Crippen LogP contribution in [-0.4, -0.2) is 7.38 Å². The second-order valence-electron chi connectivity index (χ2n) is 1.17. The average molecular weight is 125 g/mol. The van der Waals surface area contributed by atoms with E-state index in [0.717, 1.165) is 6.42 Å². The van der Waals surface area contributed by atoms with Crippen LogP contribution in [0.5, 0.6) is 0 Å². The van der Waals surface area contributed by atoms with Crippen molar-refractivity contribution >= 4 is 0 Å². The van der Waals surface area contributed by atoms with Crippen molar-refractivity contribution in [3.05, 3.63) is 0 Å². The molecule has 0 atom stereocenters. The molecule has 0 amide bonds. The summed E-state index contributed by atoms with van der Waals surface area (Å²) in [5, 5.41) is 0. The van der Waals surface area contributed by atoms with Crippen LogP contribution in [0.1, 0.15) is 13.3 Å². The Morgan fingerprint density at radius 1 is 1.50 bits per heavy atom. The van der Waals surface area contributed by atoms with Crippen LogP contribution in [0.4, 0.5) is 0 Å². The van der Waals surface area contributed by atoms with Crippen LogP contribution in [0.3, 0.4) is 0 Å². The second-order valence-corrected chi connectivity index (χ2v) is 3.25. The molecule has 0 saturated heterocycles. The van der Waals surface area contributed by atoms with E-state index in [9.17, 15) is 0 Å². The van der Waals surface area contributed by atoms with Crippen LogP contribution in [0.2, 0.25) is 4.73 Å². The normalized spacial score (nSPS) is 8.50. The van der Waals surface area contributed by atoms with Crippen LogP contribution < -0.4 is 0 Å². The molecule has 6 heavy (non-hydrogen) atoms. The van der Waals surface area contributed by atoms with Crippen molar-refractivity contribution in [3.63, 3.8) is 0 Å². The SMILES string of the molecule is CC[CH2][Ti]([OH])[OH]. The monoisotopic (exact) mass is 125 g/mol. The molecule has 0 radical (unpaired) electrons. The topological polar surface area (TPSA) is 40.5 Å². The van der Waals surface area contributed by atoms with E-state index in [1.54, 1.807) is 0 Å². The molecule has 2 N–H and O–H groups in total. The predicted molar refractivity (Wildman–Crippen MR) is 19.5 cm³/mol. The van der Waals surface area contributed by atoms with Crippen LogP contribution in [0, 0.1) is 0 Å². The molecule has 0 aromatic rings. The van der Waals surface area contributed by atoms with Gasteiger partial charge in [-0.05, 0) is 0 Å². The van der Waals surface area contributed by atoms with Gasteiger partial charge < -0.3 is 0 Å². The van der Waals surface area contributed by atoms with Gasteiger partial charge in [0.2, 0.25) is 0 Å². The number of hydrogen-bond acceptors (Lipinski definition) is 2. The van der Waals surface area contributed by atoms with Gasteiger partial charge >= 0.3 is 44.1 Å². The molecule has 0 heterocycles. The van der Waals surface area contributed by atoms with Gasteiger partial charge in [0, 0.05) is 0 Å². The molecule has 0 aliphatic heterocycles. The maximum atomic E-state index is 8.27. The van der Waals surface area contributed by atoms with Crippen molar-refractivity contribution in [2.45, 2.75) is 18.1 Å². The Labute approximate surface area is 44.6 Å². The van der Waals surface area contributed by atoms with Crippen LogP contribution in [-0.2, 0) is 18.6 Å². The molecule has 3 heteroatoms. The Morgan fingerprint density at radius 2 is 2.00 bits per heavy atom. The number of rotatable bonds is 2. The minimum atomic E-state index is -2.38. The van der Waals surface area contributed by atoms with E-state index < -0.39 is 18.6 Å². The summed E-state index contributed by atoms with van der Waals surface area (Å²) >= 11 is -2.38. The van der Waals surface area contributed by atoms with Crippen LogP contribution in [0.15, 0.2) is 0 Å². The van der Waals surface area contributed by atoms with E-state index in [0.29, 0.717) is 4.73 Å². The van der Waals surface area contributed by atoms with Gasteiger partial charge in [0.15, 0.2) is 0 Å². The molecule has 0 aromatic heterocycles. The van der Waals surface area contributed by atoms with Gasteiger partial charge in [-0.2, -0.15) is 0 Å². The summed E-state index contributed by atoms with van der Waals surface area (Å²) < 4.78 is 17.2. The predicted octanol–water partition coefficient (Wildman–Crippen LogP) is 0.248. The van der Waals surface area contributed by atoms with Gasteiger partial charge in [-0.1, -0.05) is 0 Å². The van der Waals surface area contributed by atoms with Crippen molar-refractivity contribution in [3.8, 4) is 0 Å². The van der Waals surface area contributed by atoms with E-state index in [4.69, 9.17) is 7.38 Å². The van der Waals surface area contributed by atoms with E-state index >= 15 is 0 Å². The molecule has 0 rings (SSSR count). The molecule has 0 aromatic carbocycles. The molecule has 0 spiro atoms. The maximum absolute atomic E-state index is 8.27. The quantitative estimate of drug-likeness (QED) is 0.519. The van der Waals surface area contributed by atoms with Gasteiger partial charge in [0.25, 0.3) is 0 Å². The van der Waals surface area contributed by atoms with Gasteiger partial charge in [-0.15, -0.1) is 0 Å². The molecular formula is C3H9O2Ti. The average Bonchev–Trinajstić information content (AvgIpc) is 1.35. The van der Waals surface area contributed by atoms with E-state index in [-0.39, 0.29) is 0 Å². The Balaban J connectivity index is 2.63. The Hall–Kier alpha value is 0.634. The summed E-state index contributed by atoms with van der Waals surface area (Å²) in [5.41, 5.74) is 0. The molecule has 0 saturated carbocycles. The van der Waals surface area contributed by atoms with Crippen molar-refractivity contribution in [1.29, 1.82) is 0 Å². The summed E-state index contributed by atoms with van der Waals surface area (Å²) in [6, 6.07) is 0. The van der Waals surface area contributed by atoms with Crippen molar-refractivity contribution in [1.82, 2.24) is 0 Å². The van der Waals surface area contributed by atoms with E-state index in [1.807, 2.05) is 6.92 Å². The first-order valence-corrected chi connectivity index (χ1v) is 4.51. The molecular weight excluding hydrogens is 116 g/mol.